The minimum atomic E-state index is -3.26. The predicted octanol–water partition coefficient (Wildman–Crippen LogP) is 1.46. The summed E-state index contributed by atoms with van der Waals surface area (Å²) in [4.78, 5) is 1.03. The Morgan fingerprint density at radius 1 is 1.47 bits per heavy atom. The van der Waals surface area contributed by atoms with Gasteiger partial charge in [0.15, 0.2) is 0 Å². The molecule has 1 unspecified atom stereocenters. The number of hydrogen-bond donors (Lipinski definition) is 1. The Bertz CT molecular complexity index is 472. The monoisotopic (exact) mass is 296 g/mol. The topological polar surface area (TPSA) is 49.4 Å². The normalized spacial score (nSPS) is 22.1. The SMILES string of the molecule is Cc1ccc(S(=O)(=O)N2CCNC(C)C2)s1.Cl. The van der Waals surface area contributed by atoms with E-state index >= 15 is 0 Å². The van der Waals surface area contributed by atoms with Crippen LogP contribution >= 0.6 is 23.7 Å². The second kappa shape index (κ2) is 5.67. The van der Waals surface area contributed by atoms with Gasteiger partial charge in [0.05, 0.1) is 0 Å². The zero-order valence-electron chi connectivity index (χ0n) is 9.84. The number of aryl methyl sites for hydroxylation is 1. The summed E-state index contributed by atoms with van der Waals surface area (Å²) in [5.74, 6) is 0. The van der Waals surface area contributed by atoms with Gasteiger partial charge in [0.25, 0.3) is 10.0 Å². The van der Waals surface area contributed by atoms with Crippen molar-refractivity contribution in [3.8, 4) is 0 Å². The molecule has 0 aliphatic carbocycles. The quantitative estimate of drug-likeness (QED) is 0.899. The van der Waals surface area contributed by atoms with Crippen LogP contribution in [-0.4, -0.2) is 38.4 Å². The molecule has 1 aliphatic rings. The third kappa shape index (κ3) is 3.20. The fourth-order valence-electron chi connectivity index (χ4n) is 1.79. The van der Waals surface area contributed by atoms with Crippen LogP contribution < -0.4 is 5.32 Å². The minimum absolute atomic E-state index is 0. The summed E-state index contributed by atoms with van der Waals surface area (Å²) < 4.78 is 26.5. The fraction of sp³-hybridized carbons (Fsp3) is 0.600. The van der Waals surface area contributed by atoms with Gasteiger partial charge in [-0.2, -0.15) is 4.31 Å². The fourth-order valence-corrected chi connectivity index (χ4v) is 4.76. The van der Waals surface area contributed by atoms with Crippen LogP contribution in [0.15, 0.2) is 16.3 Å². The highest BCUT2D eigenvalue weighted by atomic mass is 35.5. The van der Waals surface area contributed by atoms with Gasteiger partial charge in [0.1, 0.15) is 4.21 Å². The average Bonchev–Trinajstić information content (AvgIpc) is 2.65. The average molecular weight is 297 g/mol. The van der Waals surface area contributed by atoms with Gasteiger partial charge >= 0.3 is 0 Å². The molecule has 0 radical (unpaired) electrons. The molecule has 1 aliphatic heterocycles. The van der Waals surface area contributed by atoms with Gasteiger partial charge in [0, 0.05) is 30.6 Å². The zero-order chi connectivity index (χ0) is 11.8. The summed E-state index contributed by atoms with van der Waals surface area (Å²) in [5, 5.41) is 3.24. The van der Waals surface area contributed by atoms with Crippen LogP contribution in [0, 0.1) is 6.92 Å². The molecule has 0 bridgehead atoms. The summed E-state index contributed by atoms with van der Waals surface area (Å²) >= 11 is 1.34. The van der Waals surface area contributed by atoms with Crippen molar-refractivity contribution in [2.75, 3.05) is 19.6 Å². The van der Waals surface area contributed by atoms with Gasteiger partial charge in [-0.1, -0.05) is 0 Å². The number of piperazine rings is 1. The molecule has 1 saturated heterocycles. The van der Waals surface area contributed by atoms with E-state index in [1.54, 1.807) is 10.4 Å². The lowest BCUT2D eigenvalue weighted by Crippen LogP contribution is -2.51. The molecule has 1 N–H and O–H groups in total. The van der Waals surface area contributed by atoms with Gasteiger partial charge in [-0.15, -0.1) is 23.7 Å². The van der Waals surface area contributed by atoms with E-state index < -0.39 is 10.0 Å². The molecular formula is C10H17ClN2O2S2. The molecule has 1 aromatic heterocycles. The van der Waals surface area contributed by atoms with E-state index in [1.165, 1.54) is 11.3 Å². The lowest BCUT2D eigenvalue weighted by Gasteiger charge is -2.30. The summed E-state index contributed by atoms with van der Waals surface area (Å²) in [7, 11) is -3.26. The van der Waals surface area contributed by atoms with E-state index in [4.69, 9.17) is 0 Å². The Labute approximate surface area is 112 Å². The van der Waals surface area contributed by atoms with Crippen LogP contribution in [0.25, 0.3) is 0 Å². The first-order valence-corrected chi connectivity index (χ1v) is 7.56. The lowest BCUT2D eigenvalue weighted by atomic mass is 10.3. The first-order chi connectivity index (χ1) is 7.50. The Morgan fingerprint density at radius 3 is 2.71 bits per heavy atom. The lowest BCUT2D eigenvalue weighted by molar-refractivity contribution is 0.311. The Morgan fingerprint density at radius 2 is 2.18 bits per heavy atom. The van der Waals surface area contributed by atoms with E-state index in [9.17, 15) is 8.42 Å². The van der Waals surface area contributed by atoms with Crippen molar-refractivity contribution >= 4 is 33.8 Å². The van der Waals surface area contributed by atoms with Crippen LogP contribution in [0.3, 0.4) is 0 Å². The van der Waals surface area contributed by atoms with Crippen molar-refractivity contribution in [1.82, 2.24) is 9.62 Å². The van der Waals surface area contributed by atoms with E-state index in [1.807, 2.05) is 19.9 Å². The molecule has 0 amide bonds. The van der Waals surface area contributed by atoms with Crippen molar-refractivity contribution < 1.29 is 8.42 Å². The number of rotatable bonds is 2. The molecule has 2 heterocycles. The highest BCUT2D eigenvalue weighted by Crippen LogP contribution is 2.24. The van der Waals surface area contributed by atoms with Crippen molar-refractivity contribution in [1.29, 1.82) is 0 Å². The smallest absolute Gasteiger partial charge is 0.252 e. The second-order valence-electron chi connectivity index (χ2n) is 4.08. The van der Waals surface area contributed by atoms with Crippen molar-refractivity contribution in [3.05, 3.63) is 17.0 Å². The van der Waals surface area contributed by atoms with Gasteiger partial charge in [-0.25, -0.2) is 8.42 Å². The number of sulfonamides is 1. The van der Waals surface area contributed by atoms with E-state index in [2.05, 4.69) is 5.32 Å². The second-order valence-corrected chi connectivity index (χ2v) is 7.54. The van der Waals surface area contributed by atoms with Crippen molar-refractivity contribution in [3.63, 3.8) is 0 Å². The molecule has 0 aromatic carbocycles. The van der Waals surface area contributed by atoms with Gasteiger partial charge in [-0.3, -0.25) is 0 Å². The third-order valence-corrected chi connectivity index (χ3v) is 5.97. The number of halogens is 1. The van der Waals surface area contributed by atoms with Crippen molar-refractivity contribution in [2.45, 2.75) is 24.1 Å². The van der Waals surface area contributed by atoms with Gasteiger partial charge < -0.3 is 5.32 Å². The largest absolute Gasteiger partial charge is 0.312 e. The number of hydrogen-bond acceptors (Lipinski definition) is 4. The first-order valence-electron chi connectivity index (χ1n) is 5.30. The molecule has 1 atom stereocenters. The van der Waals surface area contributed by atoms with Crippen LogP contribution in [0.5, 0.6) is 0 Å². The van der Waals surface area contributed by atoms with Crippen LogP contribution in [0.4, 0.5) is 0 Å². The van der Waals surface area contributed by atoms with Crippen molar-refractivity contribution in [2.24, 2.45) is 0 Å². The van der Waals surface area contributed by atoms with Gasteiger partial charge in [0.2, 0.25) is 0 Å². The van der Waals surface area contributed by atoms with Crippen LogP contribution in [-0.2, 0) is 10.0 Å². The summed E-state index contributed by atoms with van der Waals surface area (Å²) in [6.07, 6.45) is 0. The summed E-state index contributed by atoms with van der Waals surface area (Å²) in [6, 6.07) is 3.77. The van der Waals surface area contributed by atoms with E-state index in [-0.39, 0.29) is 18.4 Å². The number of thiophene rings is 1. The molecule has 17 heavy (non-hydrogen) atoms. The molecule has 4 nitrogen and oxygen atoms in total. The summed E-state index contributed by atoms with van der Waals surface area (Å²) in [6.45, 7) is 5.76. The first kappa shape index (κ1) is 14.9. The zero-order valence-corrected chi connectivity index (χ0v) is 12.3. The van der Waals surface area contributed by atoms with Crippen LogP contribution in [0.1, 0.15) is 11.8 Å². The predicted molar refractivity (Wildman–Crippen MR) is 72.5 cm³/mol. The molecule has 98 valence electrons. The minimum Gasteiger partial charge on any atom is -0.312 e. The molecule has 0 saturated carbocycles. The Balaban J connectivity index is 0.00000144. The maximum absolute atomic E-state index is 12.3. The Hall–Kier alpha value is -0.140. The van der Waals surface area contributed by atoms with E-state index in [0.29, 0.717) is 17.3 Å². The molecule has 0 spiro atoms. The third-order valence-electron chi connectivity index (χ3n) is 2.64. The van der Waals surface area contributed by atoms with E-state index in [0.717, 1.165) is 11.4 Å². The standard InChI is InChI=1S/C10H16N2O2S2.ClH/c1-8-7-12(6-5-11-8)16(13,14)10-4-3-9(2)15-10;/h3-4,8,11H,5-7H2,1-2H3;1H. The maximum Gasteiger partial charge on any atom is 0.252 e. The number of nitrogens with one attached hydrogen (secondary N) is 1. The molecule has 7 heteroatoms. The highest BCUT2D eigenvalue weighted by Gasteiger charge is 2.29. The Kier molecular flexibility index (Phi) is 4.97. The summed E-state index contributed by atoms with van der Waals surface area (Å²) in [5.41, 5.74) is 0. The highest BCUT2D eigenvalue weighted by molar-refractivity contribution is 7.91. The van der Waals surface area contributed by atoms with Crippen LogP contribution in [0.2, 0.25) is 0 Å². The molecular weight excluding hydrogens is 280 g/mol. The maximum atomic E-state index is 12.3. The van der Waals surface area contributed by atoms with Gasteiger partial charge in [-0.05, 0) is 26.0 Å². The number of nitrogens with zero attached hydrogens (tertiary/aromatic N) is 1. The molecule has 1 fully saturated rings. The molecule has 2 rings (SSSR count). The molecule has 1 aromatic rings.